The number of nitrogens with zero attached hydrogens (tertiary/aromatic N) is 1. The van der Waals surface area contributed by atoms with Crippen molar-refractivity contribution in [1.82, 2.24) is 4.98 Å². The largest absolute Gasteiger partial charge is 0.456 e. The van der Waals surface area contributed by atoms with Gasteiger partial charge in [0.2, 0.25) is 0 Å². The van der Waals surface area contributed by atoms with Gasteiger partial charge in [-0.2, -0.15) is 0 Å². The molecule has 31 heavy (non-hydrogen) atoms. The van der Waals surface area contributed by atoms with Crippen LogP contribution < -0.4 is 0 Å². The third-order valence-corrected chi connectivity index (χ3v) is 6.95. The smallest absolute Gasteiger partial charge is 0.136 e. The number of pyridine rings is 1. The molecule has 6 rings (SSSR count). The van der Waals surface area contributed by atoms with Crippen LogP contribution in [0.2, 0.25) is 0 Å². The molecular formula is C27H21B2NO. The van der Waals surface area contributed by atoms with Crippen molar-refractivity contribution < 1.29 is 4.42 Å². The summed E-state index contributed by atoms with van der Waals surface area (Å²) in [6, 6.07) is 22.9. The van der Waals surface area contributed by atoms with Gasteiger partial charge >= 0.3 is 0 Å². The number of benzene rings is 3. The molecule has 1 aliphatic rings. The first kappa shape index (κ1) is 18.7. The lowest BCUT2D eigenvalue weighted by Crippen LogP contribution is -2.35. The summed E-state index contributed by atoms with van der Waals surface area (Å²) in [5.41, 5.74) is 4.57. The topological polar surface area (TPSA) is 26.0 Å². The first-order valence-corrected chi connectivity index (χ1v) is 11.0. The van der Waals surface area contributed by atoms with Gasteiger partial charge in [-0.05, 0) is 47.0 Å². The Bertz CT molecular complexity index is 1430. The third kappa shape index (κ3) is 3.00. The zero-order valence-corrected chi connectivity index (χ0v) is 17.3. The zero-order chi connectivity index (χ0) is 21.0. The molecule has 0 N–H and O–H groups in total. The molecule has 1 fully saturated rings. The van der Waals surface area contributed by atoms with Crippen LogP contribution in [0.25, 0.3) is 44.0 Å². The first-order chi connectivity index (χ1) is 15.1. The number of hydrogen-bond acceptors (Lipinski definition) is 2. The summed E-state index contributed by atoms with van der Waals surface area (Å²) in [4.78, 5) is 4.61. The van der Waals surface area contributed by atoms with Crippen molar-refractivity contribution in [2.75, 3.05) is 0 Å². The molecule has 0 unspecified atom stereocenters. The van der Waals surface area contributed by atoms with Gasteiger partial charge in [0.25, 0.3) is 0 Å². The van der Waals surface area contributed by atoms with Crippen molar-refractivity contribution in [2.24, 2.45) is 5.92 Å². The Balaban J connectivity index is 1.46. The van der Waals surface area contributed by atoms with E-state index in [0.29, 0.717) is 5.92 Å². The maximum atomic E-state index is 6.62. The molecule has 2 aromatic heterocycles. The Morgan fingerprint density at radius 1 is 0.839 bits per heavy atom. The van der Waals surface area contributed by atoms with E-state index in [-0.39, 0.29) is 0 Å². The van der Waals surface area contributed by atoms with E-state index in [0.717, 1.165) is 51.6 Å². The van der Waals surface area contributed by atoms with E-state index in [1.165, 1.54) is 23.6 Å². The molecule has 4 radical (unpaired) electrons. The van der Waals surface area contributed by atoms with Crippen molar-refractivity contribution in [2.45, 2.75) is 30.9 Å². The highest BCUT2D eigenvalue weighted by molar-refractivity contribution is 6.40. The molecule has 0 atom stereocenters. The van der Waals surface area contributed by atoms with E-state index < -0.39 is 5.21 Å². The lowest BCUT2D eigenvalue weighted by Gasteiger charge is -2.33. The van der Waals surface area contributed by atoms with Crippen LogP contribution >= 0.6 is 0 Å². The average Bonchev–Trinajstić information content (AvgIpc) is 3.47. The minimum Gasteiger partial charge on any atom is -0.456 e. The fraction of sp³-hybridized carbons (Fsp3) is 0.222. The zero-order valence-electron chi connectivity index (χ0n) is 17.3. The number of hydrogen-bond donors (Lipinski definition) is 0. The lowest BCUT2D eigenvalue weighted by atomic mass is 9.45. The molecule has 0 amide bonds. The van der Waals surface area contributed by atoms with Crippen molar-refractivity contribution in [3.05, 3.63) is 78.5 Å². The Hall–Kier alpha value is -3.00. The standard InChI is InChI=1S/C27H21B2NO/c28-27(29,19-6-2-3-7-19)20-13-14-30-23(16-20)18-9-11-22-25(15-18)31-24-12-10-17-5-1-4-8-21(17)26(22)24/h1,4-5,8-16,19H,2-3,6-7H2. The van der Waals surface area contributed by atoms with Gasteiger partial charge < -0.3 is 4.42 Å². The van der Waals surface area contributed by atoms with Gasteiger partial charge in [0.1, 0.15) is 11.2 Å². The van der Waals surface area contributed by atoms with Crippen molar-refractivity contribution in [1.29, 1.82) is 0 Å². The summed E-state index contributed by atoms with van der Waals surface area (Å²) in [6.07, 6.45) is 6.39. The number of rotatable bonds is 3. The predicted molar refractivity (Wildman–Crippen MR) is 130 cm³/mol. The van der Waals surface area contributed by atoms with Crippen molar-refractivity contribution >= 4 is 48.4 Å². The molecule has 1 saturated carbocycles. The van der Waals surface area contributed by atoms with Gasteiger partial charge in [-0.1, -0.05) is 72.9 Å². The molecule has 4 heteroatoms. The molecule has 146 valence electrons. The van der Waals surface area contributed by atoms with Crippen LogP contribution in [-0.4, -0.2) is 20.7 Å². The quantitative estimate of drug-likeness (QED) is 0.326. The van der Waals surface area contributed by atoms with Gasteiger partial charge in [0, 0.05) is 22.5 Å². The minimum atomic E-state index is -0.823. The maximum Gasteiger partial charge on any atom is 0.136 e. The van der Waals surface area contributed by atoms with Gasteiger partial charge in [0.15, 0.2) is 0 Å². The van der Waals surface area contributed by atoms with E-state index in [1.54, 1.807) is 0 Å². The molecule has 1 aliphatic carbocycles. The lowest BCUT2D eigenvalue weighted by molar-refractivity contribution is 0.486. The minimum absolute atomic E-state index is 0.314. The highest BCUT2D eigenvalue weighted by atomic mass is 16.3. The van der Waals surface area contributed by atoms with Crippen LogP contribution in [-0.2, 0) is 5.21 Å². The third-order valence-electron chi connectivity index (χ3n) is 6.95. The average molecular weight is 397 g/mol. The van der Waals surface area contributed by atoms with Gasteiger partial charge in [-0.15, -0.1) is 0 Å². The van der Waals surface area contributed by atoms with E-state index >= 15 is 0 Å². The summed E-state index contributed by atoms with van der Waals surface area (Å²) in [5, 5.41) is 3.87. The number of furan rings is 1. The van der Waals surface area contributed by atoms with Crippen molar-refractivity contribution in [3.63, 3.8) is 0 Å². The monoisotopic (exact) mass is 397 g/mol. The van der Waals surface area contributed by atoms with Crippen LogP contribution in [0.15, 0.2) is 77.3 Å². The molecular weight excluding hydrogens is 376 g/mol. The van der Waals surface area contributed by atoms with E-state index in [1.807, 2.05) is 18.3 Å². The summed E-state index contributed by atoms with van der Waals surface area (Å²) in [5.74, 6) is 0.314. The first-order valence-electron chi connectivity index (χ1n) is 11.0. The molecule has 2 heterocycles. The van der Waals surface area contributed by atoms with Crippen LogP contribution in [0.5, 0.6) is 0 Å². The molecule has 3 aromatic carbocycles. The molecule has 0 bridgehead atoms. The van der Waals surface area contributed by atoms with E-state index in [2.05, 4.69) is 59.6 Å². The fourth-order valence-electron chi connectivity index (χ4n) is 5.20. The van der Waals surface area contributed by atoms with Crippen LogP contribution in [0.4, 0.5) is 0 Å². The highest BCUT2D eigenvalue weighted by Crippen LogP contribution is 2.40. The fourth-order valence-corrected chi connectivity index (χ4v) is 5.20. The van der Waals surface area contributed by atoms with Gasteiger partial charge in [-0.3, -0.25) is 4.98 Å². The second-order valence-electron chi connectivity index (χ2n) is 8.82. The normalized spacial score (nSPS) is 15.4. The summed E-state index contributed by atoms with van der Waals surface area (Å²) < 4.78 is 6.22. The predicted octanol–water partition coefficient (Wildman–Crippen LogP) is 6.48. The second-order valence-corrected chi connectivity index (χ2v) is 8.82. The maximum absolute atomic E-state index is 6.62. The van der Waals surface area contributed by atoms with Gasteiger partial charge in [-0.25, -0.2) is 0 Å². The van der Waals surface area contributed by atoms with E-state index in [4.69, 9.17) is 20.1 Å². The van der Waals surface area contributed by atoms with Crippen LogP contribution in [0, 0.1) is 5.92 Å². The van der Waals surface area contributed by atoms with Crippen LogP contribution in [0.3, 0.4) is 0 Å². The van der Waals surface area contributed by atoms with Gasteiger partial charge in [0.05, 0.1) is 21.4 Å². The SMILES string of the molecule is [B]C([B])(c1ccnc(-c2ccc3c(c2)oc2ccc4ccccc4c23)c1)C1CCCC1. The van der Waals surface area contributed by atoms with Crippen molar-refractivity contribution in [3.8, 4) is 11.3 Å². The number of aromatic nitrogens is 1. The number of fused-ring (bicyclic) bond motifs is 5. The molecule has 0 spiro atoms. The Labute approximate surface area is 184 Å². The summed E-state index contributed by atoms with van der Waals surface area (Å²) in [6.45, 7) is 0. The Morgan fingerprint density at radius 2 is 1.68 bits per heavy atom. The van der Waals surface area contributed by atoms with Crippen LogP contribution in [0.1, 0.15) is 31.2 Å². The summed E-state index contributed by atoms with van der Waals surface area (Å²) in [7, 11) is 13.2. The molecule has 2 nitrogen and oxygen atoms in total. The summed E-state index contributed by atoms with van der Waals surface area (Å²) >= 11 is 0. The molecule has 0 saturated heterocycles. The Kier molecular flexibility index (Phi) is 4.24. The highest BCUT2D eigenvalue weighted by Gasteiger charge is 2.32. The molecule has 5 aromatic rings. The molecule has 0 aliphatic heterocycles. The Morgan fingerprint density at radius 3 is 2.55 bits per heavy atom. The van der Waals surface area contributed by atoms with E-state index in [9.17, 15) is 0 Å². The second kappa shape index (κ2) is 7.02.